The fourth-order valence-corrected chi connectivity index (χ4v) is 3.54. The molecule has 0 unspecified atom stereocenters. The molecule has 0 saturated carbocycles. The van der Waals surface area contributed by atoms with Crippen molar-refractivity contribution in [2.75, 3.05) is 25.4 Å². The van der Waals surface area contributed by atoms with E-state index in [1.54, 1.807) is 0 Å². The van der Waals surface area contributed by atoms with E-state index < -0.39 is 20.9 Å². The summed E-state index contributed by atoms with van der Waals surface area (Å²) < 4.78 is 26.0. The predicted molar refractivity (Wildman–Crippen MR) is 73.9 cm³/mol. The summed E-state index contributed by atoms with van der Waals surface area (Å²) in [4.78, 5) is 21.2. The van der Waals surface area contributed by atoms with E-state index >= 15 is 0 Å². The van der Waals surface area contributed by atoms with Gasteiger partial charge in [0.05, 0.1) is 17.2 Å². The Balaban J connectivity index is 2.39. The largest absolute Gasteiger partial charge is 0.397 e. The van der Waals surface area contributed by atoms with Crippen LogP contribution in [0.5, 0.6) is 0 Å². The number of nitrogens with two attached hydrogens (primary N) is 1. The highest BCUT2D eigenvalue weighted by Crippen LogP contribution is 2.26. The Morgan fingerprint density at radius 2 is 2.10 bits per heavy atom. The van der Waals surface area contributed by atoms with E-state index in [-0.39, 0.29) is 29.4 Å². The number of sulfonamides is 1. The minimum atomic E-state index is -3.97. The van der Waals surface area contributed by atoms with E-state index in [0.717, 1.165) is 22.5 Å². The number of nitrogens with zero attached hydrogens (tertiary/aromatic N) is 2. The fraction of sp³-hybridized carbons (Fsp3) is 0.364. The average Bonchev–Trinajstić information content (AvgIpc) is 2.63. The first kappa shape index (κ1) is 15.2. The molecular formula is C11H14N4O5S. The van der Waals surface area contributed by atoms with E-state index in [4.69, 9.17) is 5.73 Å². The molecule has 1 saturated heterocycles. The van der Waals surface area contributed by atoms with Crippen LogP contribution in [0.1, 0.15) is 6.42 Å². The third-order valence-electron chi connectivity index (χ3n) is 3.05. The summed E-state index contributed by atoms with van der Waals surface area (Å²) in [6.45, 7) is 0.289. The van der Waals surface area contributed by atoms with Gasteiger partial charge in [-0.3, -0.25) is 14.9 Å². The molecule has 21 heavy (non-hydrogen) atoms. The molecule has 2 rings (SSSR count). The van der Waals surface area contributed by atoms with Crippen molar-refractivity contribution in [2.24, 2.45) is 0 Å². The molecule has 0 bridgehead atoms. The number of non-ortho nitro benzene ring substituents is 1. The zero-order chi connectivity index (χ0) is 15.6. The molecule has 0 spiro atoms. The van der Waals surface area contributed by atoms with E-state index in [1.165, 1.54) is 0 Å². The van der Waals surface area contributed by atoms with Crippen LogP contribution in [0.2, 0.25) is 0 Å². The second-order valence-corrected chi connectivity index (χ2v) is 6.43. The molecule has 3 N–H and O–H groups in total. The van der Waals surface area contributed by atoms with Crippen LogP contribution in [0.3, 0.4) is 0 Å². The van der Waals surface area contributed by atoms with Gasteiger partial charge in [-0.15, -0.1) is 0 Å². The van der Waals surface area contributed by atoms with Crippen molar-refractivity contribution in [2.45, 2.75) is 11.3 Å². The van der Waals surface area contributed by atoms with Crippen LogP contribution in [0.25, 0.3) is 0 Å². The lowest BCUT2D eigenvalue weighted by Crippen LogP contribution is -2.37. The molecule has 1 fully saturated rings. The quantitative estimate of drug-likeness (QED) is 0.446. The van der Waals surface area contributed by atoms with E-state index in [0.29, 0.717) is 13.0 Å². The number of benzene rings is 1. The summed E-state index contributed by atoms with van der Waals surface area (Å²) in [5.74, 6) is -0.392. The molecule has 0 aliphatic carbocycles. The summed E-state index contributed by atoms with van der Waals surface area (Å²) in [6, 6.07) is 3.15. The van der Waals surface area contributed by atoms with Crippen LogP contribution in [0.15, 0.2) is 23.1 Å². The standard InChI is InChI=1S/C11H14N4O5S/c12-9-6-8(15(17)18)2-3-10(9)21(19,20)14-5-1-4-13-11(16)7-14/h2-3,6H,1,4-5,7,12H2,(H,13,16). The highest BCUT2D eigenvalue weighted by Gasteiger charge is 2.30. The summed E-state index contributed by atoms with van der Waals surface area (Å²) in [5, 5.41) is 13.2. The lowest BCUT2D eigenvalue weighted by Gasteiger charge is -2.19. The number of nitrogens with one attached hydrogen (secondary N) is 1. The summed E-state index contributed by atoms with van der Waals surface area (Å²) in [5.41, 5.74) is 5.11. The number of hydrogen-bond donors (Lipinski definition) is 2. The highest BCUT2D eigenvalue weighted by molar-refractivity contribution is 7.89. The van der Waals surface area contributed by atoms with Gasteiger partial charge in [-0.05, 0) is 12.5 Å². The average molecular weight is 314 g/mol. The van der Waals surface area contributed by atoms with Gasteiger partial charge < -0.3 is 11.1 Å². The zero-order valence-corrected chi connectivity index (χ0v) is 11.8. The Morgan fingerprint density at radius 3 is 2.71 bits per heavy atom. The van der Waals surface area contributed by atoms with Gasteiger partial charge in [-0.25, -0.2) is 8.42 Å². The lowest BCUT2D eigenvalue weighted by molar-refractivity contribution is -0.384. The van der Waals surface area contributed by atoms with Gasteiger partial charge >= 0.3 is 0 Å². The first-order valence-corrected chi connectivity index (χ1v) is 7.57. The molecule has 114 valence electrons. The first-order valence-electron chi connectivity index (χ1n) is 6.13. The van der Waals surface area contributed by atoms with Crippen molar-refractivity contribution in [3.63, 3.8) is 0 Å². The number of hydrogen-bond acceptors (Lipinski definition) is 6. The van der Waals surface area contributed by atoms with Gasteiger partial charge in [0.25, 0.3) is 5.69 Å². The van der Waals surface area contributed by atoms with E-state index in [2.05, 4.69) is 5.32 Å². The van der Waals surface area contributed by atoms with E-state index in [1.807, 2.05) is 0 Å². The summed E-state index contributed by atoms with van der Waals surface area (Å²) >= 11 is 0. The number of carbonyl (C=O) groups is 1. The zero-order valence-electron chi connectivity index (χ0n) is 11.0. The van der Waals surface area contributed by atoms with Crippen molar-refractivity contribution in [3.8, 4) is 0 Å². The number of anilines is 1. The van der Waals surface area contributed by atoms with Crippen LogP contribution in [-0.2, 0) is 14.8 Å². The summed E-state index contributed by atoms with van der Waals surface area (Å²) in [7, 11) is -3.97. The van der Waals surface area contributed by atoms with Gasteiger partial charge in [0.15, 0.2) is 0 Å². The Morgan fingerprint density at radius 1 is 1.38 bits per heavy atom. The Labute approximate surface area is 120 Å². The van der Waals surface area contributed by atoms with Crippen molar-refractivity contribution >= 4 is 27.3 Å². The maximum absolute atomic E-state index is 12.5. The van der Waals surface area contributed by atoms with Crippen LogP contribution in [0.4, 0.5) is 11.4 Å². The maximum atomic E-state index is 12.5. The second kappa shape index (κ2) is 5.66. The van der Waals surface area contributed by atoms with Crippen LogP contribution in [0, 0.1) is 10.1 Å². The van der Waals surface area contributed by atoms with Gasteiger partial charge in [0.1, 0.15) is 4.90 Å². The Kier molecular flexibility index (Phi) is 4.09. The molecule has 1 aromatic rings. The highest BCUT2D eigenvalue weighted by atomic mass is 32.2. The number of rotatable bonds is 3. The molecule has 0 radical (unpaired) electrons. The molecule has 1 aliphatic rings. The number of amides is 1. The molecule has 1 heterocycles. The van der Waals surface area contributed by atoms with Crippen molar-refractivity contribution in [1.82, 2.24) is 9.62 Å². The van der Waals surface area contributed by atoms with Gasteiger partial charge in [0.2, 0.25) is 15.9 Å². The van der Waals surface area contributed by atoms with Crippen molar-refractivity contribution in [3.05, 3.63) is 28.3 Å². The third kappa shape index (κ3) is 3.11. The second-order valence-electron chi connectivity index (χ2n) is 4.52. The van der Waals surface area contributed by atoms with E-state index in [9.17, 15) is 23.3 Å². The van der Waals surface area contributed by atoms with Crippen LogP contribution < -0.4 is 11.1 Å². The predicted octanol–water partition coefficient (Wildman–Crippen LogP) is -0.312. The van der Waals surface area contributed by atoms with Crippen molar-refractivity contribution in [1.29, 1.82) is 0 Å². The monoisotopic (exact) mass is 314 g/mol. The number of nitro benzene ring substituents is 1. The SMILES string of the molecule is Nc1cc([N+](=O)[O-])ccc1S(=O)(=O)N1CCCNC(=O)C1. The number of carbonyl (C=O) groups excluding carboxylic acids is 1. The van der Waals surface area contributed by atoms with Crippen LogP contribution >= 0.6 is 0 Å². The summed E-state index contributed by atoms with van der Waals surface area (Å²) in [6.07, 6.45) is 0.484. The molecule has 1 amide bonds. The van der Waals surface area contributed by atoms with Gasteiger partial charge in [-0.2, -0.15) is 4.31 Å². The first-order chi connectivity index (χ1) is 9.82. The number of nitro groups is 1. The molecule has 10 heteroatoms. The van der Waals surface area contributed by atoms with Gasteiger partial charge in [-0.1, -0.05) is 0 Å². The molecule has 0 aromatic heterocycles. The molecule has 1 aliphatic heterocycles. The maximum Gasteiger partial charge on any atom is 0.271 e. The molecule has 9 nitrogen and oxygen atoms in total. The topological polar surface area (TPSA) is 136 Å². The minimum Gasteiger partial charge on any atom is -0.397 e. The molecular weight excluding hydrogens is 300 g/mol. The lowest BCUT2D eigenvalue weighted by atomic mass is 10.3. The normalized spacial score (nSPS) is 17.0. The fourth-order valence-electron chi connectivity index (χ4n) is 2.01. The smallest absolute Gasteiger partial charge is 0.271 e. The molecule has 1 aromatic carbocycles. The molecule has 0 atom stereocenters. The van der Waals surface area contributed by atoms with Crippen molar-refractivity contribution < 1.29 is 18.1 Å². The Hall–Kier alpha value is -2.20. The minimum absolute atomic E-state index is 0.178. The number of nitrogen functional groups attached to an aromatic ring is 1. The van der Waals surface area contributed by atoms with Gasteiger partial charge in [0, 0.05) is 25.2 Å². The third-order valence-corrected chi connectivity index (χ3v) is 4.97. The Bertz CT molecular complexity index is 688. The van der Waals surface area contributed by atoms with Crippen LogP contribution in [-0.4, -0.2) is 43.2 Å².